The van der Waals surface area contributed by atoms with Crippen LogP contribution in [0.5, 0.6) is 0 Å². The third-order valence-corrected chi connectivity index (χ3v) is 9.95. The van der Waals surface area contributed by atoms with Gasteiger partial charge in [-0.3, -0.25) is 4.90 Å². The Kier molecular flexibility index (Phi) is 5.79. The summed E-state index contributed by atoms with van der Waals surface area (Å²) in [6, 6.07) is 16.1. The number of fused-ring (bicyclic) bond motifs is 1. The summed E-state index contributed by atoms with van der Waals surface area (Å²) in [5.74, 6) is 1.39. The van der Waals surface area contributed by atoms with Crippen LogP contribution in [0.25, 0.3) is 0 Å². The molecule has 2 bridgehead atoms. The van der Waals surface area contributed by atoms with Crippen LogP contribution in [0.3, 0.4) is 0 Å². The molecule has 8 rings (SSSR count). The molecule has 0 spiro atoms. The van der Waals surface area contributed by atoms with Gasteiger partial charge >= 0.3 is 0 Å². The molecule has 6 aliphatic rings. The monoisotopic (exact) mass is 485 g/mol. The number of nitrogens with zero attached hydrogens (tertiary/aromatic N) is 5. The van der Waals surface area contributed by atoms with E-state index in [-0.39, 0.29) is 0 Å². The highest BCUT2D eigenvalue weighted by Gasteiger charge is 2.45. The zero-order chi connectivity index (χ0) is 24.4. The van der Waals surface area contributed by atoms with E-state index in [2.05, 4.69) is 81.9 Å². The van der Waals surface area contributed by atoms with Crippen LogP contribution in [0.2, 0.25) is 0 Å². The number of rotatable bonds is 4. The van der Waals surface area contributed by atoms with E-state index in [0.29, 0.717) is 18.0 Å². The third kappa shape index (κ3) is 4.04. The summed E-state index contributed by atoms with van der Waals surface area (Å²) >= 11 is 0. The van der Waals surface area contributed by atoms with Crippen molar-refractivity contribution in [3.63, 3.8) is 0 Å². The lowest BCUT2D eigenvalue weighted by Gasteiger charge is -2.45. The maximum absolute atomic E-state index is 2.90. The van der Waals surface area contributed by atoms with Crippen molar-refractivity contribution in [2.45, 2.75) is 44.2 Å². The molecule has 192 valence electrons. The van der Waals surface area contributed by atoms with Gasteiger partial charge in [0.2, 0.25) is 0 Å². The van der Waals surface area contributed by atoms with Crippen molar-refractivity contribution in [2.75, 3.05) is 82.8 Å². The molecule has 2 saturated heterocycles. The Bertz CT molecular complexity index is 1110. The largest absolute Gasteiger partial charge is 0.369 e. The highest BCUT2D eigenvalue weighted by Crippen LogP contribution is 2.52. The van der Waals surface area contributed by atoms with E-state index in [4.69, 9.17) is 0 Å². The van der Waals surface area contributed by atoms with Crippen LogP contribution in [0.15, 0.2) is 36.4 Å². The minimum absolute atomic E-state index is 0.465. The van der Waals surface area contributed by atoms with Gasteiger partial charge in [0.15, 0.2) is 0 Å². The molecular formula is C31H43N5. The van der Waals surface area contributed by atoms with Crippen molar-refractivity contribution in [2.24, 2.45) is 5.92 Å². The van der Waals surface area contributed by atoms with Gasteiger partial charge in [0.05, 0.1) is 0 Å². The first kappa shape index (κ1) is 23.1. The van der Waals surface area contributed by atoms with Gasteiger partial charge < -0.3 is 19.6 Å². The first-order valence-corrected chi connectivity index (χ1v) is 14.4. The predicted molar refractivity (Wildman–Crippen MR) is 149 cm³/mol. The van der Waals surface area contributed by atoms with Gasteiger partial charge in [-0.1, -0.05) is 12.1 Å². The van der Waals surface area contributed by atoms with Crippen molar-refractivity contribution < 1.29 is 0 Å². The minimum atomic E-state index is 0.465. The Morgan fingerprint density at radius 1 is 0.694 bits per heavy atom. The number of anilines is 2. The fourth-order valence-electron chi connectivity index (χ4n) is 7.38. The molecule has 5 nitrogen and oxygen atoms in total. The molecule has 2 aromatic carbocycles. The molecule has 5 heteroatoms. The standard InChI is InChI=1S/C31H43N5/c1-22-31-28-19-25(34-14-10-32(2)11-15-34)7-6-24(28)18-30(36(22)21-23-4-5-23)27-9-8-26(20-29(27)31)35-16-12-33(3)13-17-35/h6-9,19-20,22-23,30-31H,4-5,10-18,21H2,1-3H3/t22-,30+,31+/m1/s1. The van der Waals surface area contributed by atoms with E-state index in [1.807, 2.05) is 0 Å². The topological polar surface area (TPSA) is 16.2 Å². The first-order valence-electron chi connectivity index (χ1n) is 14.4. The average molecular weight is 486 g/mol. The molecule has 0 radical (unpaired) electrons. The predicted octanol–water partition coefficient (Wildman–Crippen LogP) is 4.03. The van der Waals surface area contributed by atoms with E-state index >= 15 is 0 Å². The molecule has 36 heavy (non-hydrogen) atoms. The molecule has 4 heterocycles. The van der Waals surface area contributed by atoms with E-state index in [9.17, 15) is 0 Å². The molecule has 2 aliphatic carbocycles. The van der Waals surface area contributed by atoms with Crippen molar-refractivity contribution in [1.29, 1.82) is 0 Å². The molecule has 3 atom stereocenters. The lowest BCUT2D eigenvalue weighted by molar-refractivity contribution is 0.115. The Labute approximate surface area is 217 Å². The fourth-order valence-corrected chi connectivity index (χ4v) is 7.38. The second kappa shape index (κ2) is 9.04. The van der Waals surface area contributed by atoms with Gasteiger partial charge in [0.1, 0.15) is 0 Å². The van der Waals surface area contributed by atoms with Gasteiger partial charge in [-0.2, -0.15) is 0 Å². The molecule has 4 aliphatic heterocycles. The fraction of sp³-hybridized carbons (Fsp3) is 0.613. The third-order valence-electron chi connectivity index (χ3n) is 9.95. The maximum atomic E-state index is 2.90. The van der Waals surface area contributed by atoms with Gasteiger partial charge in [0, 0.05) is 88.3 Å². The molecule has 0 amide bonds. The van der Waals surface area contributed by atoms with Crippen molar-refractivity contribution in [3.05, 3.63) is 58.7 Å². The zero-order valence-corrected chi connectivity index (χ0v) is 22.5. The van der Waals surface area contributed by atoms with Crippen LogP contribution in [0.4, 0.5) is 11.4 Å². The van der Waals surface area contributed by atoms with Crippen molar-refractivity contribution >= 4 is 11.4 Å². The summed E-state index contributed by atoms with van der Waals surface area (Å²) in [6.45, 7) is 13.0. The Hall–Kier alpha value is -2.08. The van der Waals surface area contributed by atoms with Crippen LogP contribution < -0.4 is 9.80 Å². The van der Waals surface area contributed by atoms with E-state index in [0.717, 1.165) is 64.7 Å². The molecular weight excluding hydrogens is 442 g/mol. The SMILES string of the molecule is C[C@@H]1[C@H]2c3cc(N4CCN(C)CC4)ccc3C[C@@H](c3ccc(N4CCN(C)CC4)cc32)N1CC1CC1. The molecule has 0 N–H and O–H groups in total. The van der Waals surface area contributed by atoms with Crippen molar-refractivity contribution in [1.82, 2.24) is 14.7 Å². The molecule has 1 saturated carbocycles. The number of likely N-dealkylation sites (N-methyl/N-ethyl adjacent to an activating group) is 2. The average Bonchev–Trinajstić information content (AvgIpc) is 3.73. The van der Waals surface area contributed by atoms with Gasteiger partial charge in [-0.25, -0.2) is 0 Å². The Morgan fingerprint density at radius 3 is 1.89 bits per heavy atom. The molecule has 3 fully saturated rings. The lowest BCUT2D eigenvalue weighted by Crippen LogP contribution is -2.46. The number of hydrogen-bond donors (Lipinski definition) is 0. The smallest absolute Gasteiger partial charge is 0.0394 e. The molecule has 2 aromatic rings. The summed E-state index contributed by atoms with van der Waals surface area (Å²) in [7, 11) is 4.50. The van der Waals surface area contributed by atoms with Gasteiger partial charge in [0.25, 0.3) is 0 Å². The zero-order valence-electron chi connectivity index (χ0n) is 22.5. The van der Waals surface area contributed by atoms with E-state index in [1.165, 1.54) is 30.8 Å². The van der Waals surface area contributed by atoms with E-state index < -0.39 is 0 Å². The summed E-state index contributed by atoms with van der Waals surface area (Å²) in [5, 5.41) is 0. The summed E-state index contributed by atoms with van der Waals surface area (Å²) in [6.07, 6.45) is 4.01. The Balaban J connectivity index is 1.29. The minimum Gasteiger partial charge on any atom is -0.369 e. The van der Waals surface area contributed by atoms with Gasteiger partial charge in [-0.15, -0.1) is 0 Å². The molecule has 0 unspecified atom stereocenters. The van der Waals surface area contributed by atoms with Crippen LogP contribution in [0, 0.1) is 5.92 Å². The number of hydrogen-bond acceptors (Lipinski definition) is 5. The second-order valence-electron chi connectivity index (χ2n) is 12.4. The lowest BCUT2D eigenvalue weighted by atomic mass is 9.78. The summed E-state index contributed by atoms with van der Waals surface area (Å²) < 4.78 is 0. The normalized spacial score (nSPS) is 29.2. The molecule has 0 aromatic heterocycles. The summed E-state index contributed by atoms with van der Waals surface area (Å²) in [4.78, 5) is 13.0. The number of piperazine rings is 2. The van der Waals surface area contributed by atoms with Gasteiger partial charge in [-0.05, 0) is 92.7 Å². The second-order valence-corrected chi connectivity index (χ2v) is 12.4. The summed E-state index contributed by atoms with van der Waals surface area (Å²) in [5.41, 5.74) is 9.29. The highest BCUT2D eigenvalue weighted by molar-refractivity contribution is 5.61. The van der Waals surface area contributed by atoms with Crippen LogP contribution >= 0.6 is 0 Å². The van der Waals surface area contributed by atoms with E-state index in [1.54, 1.807) is 22.3 Å². The van der Waals surface area contributed by atoms with Crippen LogP contribution in [0.1, 0.15) is 54.0 Å². The highest BCUT2D eigenvalue weighted by atomic mass is 15.3. The first-order chi connectivity index (χ1) is 17.5. The number of benzene rings is 2. The van der Waals surface area contributed by atoms with Crippen LogP contribution in [-0.2, 0) is 6.42 Å². The quantitative estimate of drug-likeness (QED) is 0.648. The maximum Gasteiger partial charge on any atom is 0.0394 e. The van der Waals surface area contributed by atoms with Crippen LogP contribution in [-0.4, -0.2) is 93.7 Å². The Morgan fingerprint density at radius 2 is 1.28 bits per heavy atom. The van der Waals surface area contributed by atoms with Crippen molar-refractivity contribution in [3.8, 4) is 0 Å².